The fourth-order valence-electron chi connectivity index (χ4n) is 3.28. The molecule has 0 spiro atoms. The lowest BCUT2D eigenvalue weighted by atomic mass is 10.1. The van der Waals surface area contributed by atoms with E-state index in [1.165, 1.54) is 24.1 Å². The fourth-order valence-corrected chi connectivity index (χ4v) is 3.28. The van der Waals surface area contributed by atoms with Gasteiger partial charge < -0.3 is 15.5 Å². The van der Waals surface area contributed by atoms with Gasteiger partial charge in [-0.05, 0) is 35.9 Å². The van der Waals surface area contributed by atoms with Gasteiger partial charge in [0, 0.05) is 37.8 Å². The lowest BCUT2D eigenvalue weighted by Gasteiger charge is -2.18. The molecule has 1 atom stereocenters. The van der Waals surface area contributed by atoms with E-state index in [0.29, 0.717) is 11.1 Å². The Labute approximate surface area is 171 Å². The topological polar surface area (TPSA) is 78.5 Å². The van der Waals surface area contributed by atoms with Crippen LogP contribution in [0.4, 0.5) is 18.9 Å². The lowest BCUT2D eigenvalue weighted by Crippen LogP contribution is -2.32. The summed E-state index contributed by atoms with van der Waals surface area (Å²) < 4.78 is 38.8. The molecule has 0 bridgehead atoms. The molecule has 9 heteroatoms. The van der Waals surface area contributed by atoms with Gasteiger partial charge in [-0.1, -0.05) is 18.2 Å². The minimum atomic E-state index is -4.52. The average molecular weight is 419 g/mol. The number of rotatable bonds is 5. The molecule has 1 aliphatic rings. The van der Waals surface area contributed by atoms with Gasteiger partial charge in [-0.3, -0.25) is 14.4 Å². The number of hydrogen-bond acceptors (Lipinski definition) is 3. The molecule has 1 unspecified atom stereocenters. The number of nitrogens with one attached hydrogen (secondary N) is 2. The lowest BCUT2D eigenvalue weighted by molar-refractivity contribution is -0.137. The maximum absolute atomic E-state index is 12.9. The molecular formula is C21H20F3N3O3. The number of benzene rings is 2. The van der Waals surface area contributed by atoms with Crippen molar-refractivity contribution >= 4 is 23.4 Å². The summed E-state index contributed by atoms with van der Waals surface area (Å²) in [6.45, 7) is 0.169. The molecule has 1 fully saturated rings. The zero-order valence-corrected chi connectivity index (χ0v) is 16.1. The van der Waals surface area contributed by atoms with Gasteiger partial charge in [-0.25, -0.2) is 0 Å². The van der Waals surface area contributed by atoms with Crippen molar-refractivity contribution in [3.05, 3.63) is 65.2 Å². The second-order valence-electron chi connectivity index (χ2n) is 6.95. The summed E-state index contributed by atoms with van der Waals surface area (Å²) in [6.07, 6.45) is -4.60. The van der Waals surface area contributed by atoms with Crippen molar-refractivity contribution in [1.29, 1.82) is 0 Å². The molecule has 1 heterocycles. The number of carbonyl (C=O) groups excluding carboxylic acids is 3. The van der Waals surface area contributed by atoms with Crippen LogP contribution >= 0.6 is 0 Å². The molecule has 6 nitrogen and oxygen atoms in total. The van der Waals surface area contributed by atoms with E-state index in [4.69, 9.17) is 0 Å². The Morgan fingerprint density at radius 2 is 1.87 bits per heavy atom. The minimum Gasteiger partial charge on any atom is -0.355 e. The highest BCUT2D eigenvalue weighted by Crippen LogP contribution is 2.33. The maximum atomic E-state index is 12.9. The van der Waals surface area contributed by atoms with E-state index >= 15 is 0 Å². The van der Waals surface area contributed by atoms with E-state index in [9.17, 15) is 27.6 Å². The summed E-state index contributed by atoms with van der Waals surface area (Å²) in [7, 11) is 1.52. The van der Waals surface area contributed by atoms with E-state index < -0.39 is 23.6 Å². The molecule has 0 aromatic heterocycles. The Kier molecular flexibility index (Phi) is 6.09. The second-order valence-corrected chi connectivity index (χ2v) is 6.95. The van der Waals surface area contributed by atoms with Crippen molar-refractivity contribution in [3.8, 4) is 0 Å². The second kappa shape index (κ2) is 8.56. The smallest absolute Gasteiger partial charge is 0.355 e. The van der Waals surface area contributed by atoms with Crippen LogP contribution in [0.25, 0.3) is 0 Å². The molecule has 3 amide bonds. The first-order valence-corrected chi connectivity index (χ1v) is 9.25. The third-order valence-corrected chi connectivity index (χ3v) is 4.86. The number of hydrogen-bond donors (Lipinski definition) is 2. The average Bonchev–Trinajstić information content (AvgIpc) is 3.13. The normalized spacial score (nSPS) is 16.5. The fraction of sp³-hybridized carbons (Fsp3) is 0.286. The van der Waals surface area contributed by atoms with Gasteiger partial charge >= 0.3 is 6.18 Å². The Morgan fingerprint density at radius 3 is 2.57 bits per heavy atom. The molecule has 2 aromatic rings. The maximum Gasteiger partial charge on any atom is 0.416 e. The SMILES string of the molecule is CNC(=O)c1cccc(CNC(=O)C2CC(=O)N(c3cccc(C(F)(F)F)c3)C2)c1. The molecule has 2 aromatic carbocycles. The Hall–Kier alpha value is -3.36. The Balaban J connectivity index is 1.64. The minimum absolute atomic E-state index is 0.00422. The highest BCUT2D eigenvalue weighted by Gasteiger charge is 2.36. The quantitative estimate of drug-likeness (QED) is 0.782. The monoisotopic (exact) mass is 419 g/mol. The van der Waals surface area contributed by atoms with Gasteiger partial charge in [0.25, 0.3) is 5.91 Å². The number of amides is 3. The highest BCUT2D eigenvalue weighted by molar-refractivity contribution is 6.00. The van der Waals surface area contributed by atoms with Crippen molar-refractivity contribution in [3.63, 3.8) is 0 Å². The van der Waals surface area contributed by atoms with Gasteiger partial charge in [0.15, 0.2) is 0 Å². The van der Waals surface area contributed by atoms with Crippen molar-refractivity contribution in [2.45, 2.75) is 19.1 Å². The van der Waals surface area contributed by atoms with E-state index in [-0.39, 0.29) is 37.0 Å². The molecule has 3 rings (SSSR count). The Morgan fingerprint density at radius 1 is 1.13 bits per heavy atom. The van der Waals surface area contributed by atoms with E-state index in [1.807, 2.05) is 0 Å². The van der Waals surface area contributed by atoms with Gasteiger partial charge in [0.05, 0.1) is 11.5 Å². The van der Waals surface area contributed by atoms with Crippen molar-refractivity contribution in [1.82, 2.24) is 10.6 Å². The summed E-state index contributed by atoms with van der Waals surface area (Å²) in [4.78, 5) is 37.7. The zero-order valence-electron chi connectivity index (χ0n) is 16.1. The predicted molar refractivity (Wildman–Crippen MR) is 104 cm³/mol. The summed E-state index contributed by atoms with van der Waals surface area (Å²) in [5.41, 5.74) is 0.430. The van der Waals surface area contributed by atoms with Crippen LogP contribution in [-0.2, 0) is 22.3 Å². The molecule has 1 saturated heterocycles. The summed E-state index contributed by atoms with van der Waals surface area (Å²) in [5, 5.41) is 5.24. The van der Waals surface area contributed by atoms with Crippen molar-refractivity contribution in [2.24, 2.45) is 5.92 Å². The summed E-state index contributed by atoms with van der Waals surface area (Å²) in [6, 6.07) is 11.2. The van der Waals surface area contributed by atoms with Crippen molar-refractivity contribution < 1.29 is 27.6 Å². The molecule has 0 saturated carbocycles. The molecule has 158 valence electrons. The molecule has 2 N–H and O–H groups in total. The van der Waals surface area contributed by atoms with Gasteiger partial charge in [-0.15, -0.1) is 0 Å². The molecular weight excluding hydrogens is 399 g/mol. The number of carbonyl (C=O) groups is 3. The van der Waals surface area contributed by atoms with Gasteiger partial charge in [0.2, 0.25) is 11.8 Å². The van der Waals surface area contributed by atoms with Crippen LogP contribution < -0.4 is 15.5 Å². The number of alkyl halides is 3. The van der Waals surface area contributed by atoms with Gasteiger partial charge in [-0.2, -0.15) is 13.2 Å². The van der Waals surface area contributed by atoms with Crippen molar-refractivity contribution in [2.75, 3.05) is 18.5 Å². The van der Waals surface area contributed by atoms with E-state index in [1.54, 1.807) is 24.3 Å². The molecule has 0 aliphatic carbocycles. The standard InChI is InChI=1S/C21H20F3N3O3/c1-25-19(29)14-5-2-4-13(8-14)11-26-20(30)15-9-18(28)27(12-15)17-7-3-6-16(10-17)21(22,23)24/h2-8,10,15H,9,11-12H2,1H3,(H,25,29)(H,26,30). The Bertz CT molecular complexity index is 975. The first-order valence-electron chi connectivity index (χ1n) is 9.25. The largest absolute Gasteiger partial charge is 0.416 e. The number of nitrogens with zero attached hydrogens (tertiary/aromatic N) is 1. The van der Waals surface area contributed by atoms with Crippen LogP contribution in [0.15, 0.2) is 48.5 Å². The number of anilines is 1. The van der Waals surface area contributed by atoms with Crippen LogP contribution in [0.2, 0.25) is 0 Å². The molecule has 30 heavy (non-hydrogen) atoms. The van der Waals surface area contributed by atoms with Crippen LogP contribution in [0.5, 0.6) is 0 Å². The zero-order chi connectivity index (χ0) is 21.9. The van der Waals surface area contributed by atoms with Crippen LogP contribution in [0, 0.1) is 5.92 Å². The third-order valence-electron chi connectivity index (χ3n) is 4.86. The molecule has 1 aliphatic heterocycles. The summed E-state index contributed by atoms with van der Waals surface area (Å²) >= 11 is 0. The highest BCUT2D eigenvalue weighted by atomic mass is 19.4. The summed E-state index contributed by atoms with van der Waals surface area (Å²) in [5.74, 6) is -1.70. The van der Waals surface area contributed by atoms with E-state index in [0.717, 1.165) is 12.1 Å². The number of halogens is 3. The third kappa shape index (κ3) is 4.79. The van der Waals surface area contributed by atoms with Gasteiger partial charge in [0.1, 0.15) is 0 Å². The predicted octanol–water partition coefficient (Wildman–Crippen LogP) is 2.73. The van der Waals surface area contributed by atoms with Crippen LogP contribution in [0.1, 0.15) is 27.9 Å². The first-order chi connectivity index (χ1) is 14.2. The van der Waals surface area contributed by atoms with E-state index in [2.05, 4.69) is 10.6 Å². The van der Waals surface area contributed by atoms with Crippen LogP contribution in [0.3, 0.4) is 0 Å². The first kappa shape index (κ1) is 21.4. The van der Waals surface area contributed by atoms with Crippen LogP contribution in [-0.4, -0.2) is 31.3 Å². The molecule has 0 radical (unpaired) electrons.